The molecule has 2 aromatic rings. The van der Waals surface area contributed by atoms with Crippen molar-refractivity contribution in [1.29, 1.82) is 0 Å². The third-order valence-electron chi connectivity index (χ3n) is 3.41. The number of nitrogens with zero attached hydrogens (tertiary/aromatic N) is 1. The van der Waals surface area contributed by atoms with E-state index in [0.717, 1.165) is 12.0 Å². The summed E-state index contributed by atoms with van der Waals surface area (Å²) in [5, 5.41) is 0.817. The Morgan fingerprint density at radius 1 is 1.00 bits per heavy atom. The summed E-state index contributed by atoms with van der Waals surface area (Å²) < 4.78 is 13.0. The van der Waals surface area contributed by atoms with E-state index in [4.69, 9.17) is 5.73 Å². The highest BCUT2D eigenvalue weighted by Gasteiger charge is 2.25. The first kappa shape index (κ1) is 13.2. The molecule has 0 bridgehead atoms. The van der Waals surface area contributed by atoms with Gasteiger partial charge in [0.05, 0.1) is 6.04 Å². The van der Waals surface area contributed by atoms with E-state index in [1.54, 1.807) is 11.8 Å². The van der Waals surface area contributed by atoms with Gasteiger partial charge in [0.15, 0.2) is 5.17 Å². The van der Waals surface area contributed by atoms with Gasteiger partial charge in [-0.05, 0) is 29.7 Å². The van der Waals surface area contributed by atoms with E-state index in [9.17, 15) is 4.39 Å². The molecule has 0 amide bonds. The van der Waals surface area contributed by atoms with Gasteiger partial charge in [-0.1, -0.05) is 54.2 Å². The van der Waals surface area contributed by atoms with Crippen molar-refractivity contribution in [1.82, 2.24) is 0 Å². The van der Waals surface area contributed by atoms with Crippen molar-refractivity contribution in [3.63, 3.8) is 0 Å². The molecule has 0 aliphatic carbocycles. The van der Waals surface area contributed by atoms with Crippen LogP contribution in [0.25, 0.3) is 0 Å². The fraction of sp³-hybridized carbons (Fsp3) is 0.188. The molecule has 4 heteroatoms. The topological polar surface area (TPSA) is 38.4 Å². The zero-order valence-electron chi connectivity index (χ0n) is 10.9. The third kappa shape index (κ3) is 2.85. The average molecular weight is 286 g/mol. The van der Waals surface area contributed by atoms with E-state index in [2.05, 4.69) is 17.1 Å². The van der Waals surface area contributed by atoms with Crippen molar-refractivity contribution in [3.05, 3.63) is 71.5 Å². The first-order valence-electron chi connectivity index (χ1n) is 6.53. The van der Waals surface area contributed by atoms with Gasteiger partial charge in [0, 0.05) is 5.25 Å². The largest absolute Gasteiger partial charge is 0.379 e. The maximum atomic E-state index is 13.0. The van der Waals surface area contributed by atoms with Crippen LogP contribution in [-0.4, -0.2) is 5.17 Å². The first-order chi connectivity index (χ1) is 9.72. The van der Waals surface area contributed by atoms with Crippen LogP contribution in [0, 0.1) is 5.82 Å². The standard InChI is InChI=1S/C16H15FN2S/c17-13-8-6-12(7-9-13)15-10-14(19-16(18)20-15)11-4-2-1-3-5-11/h1-9,14-15H,10H2,(H2,18,19)/t14-,15+/m0/s1. The summed E-state index contributed by atoms with van der Waals surface area (Å²) in [7, 11) is 0. The predicted molar refractivity (Wildman–Crippen MR) is 82.2 cm³/mol. The Balaban J connectivity index is 1.86. The molecule has 20 heavy (non-hydrogen) atoms. The second kappa shape index (κ2) is 5.67. The minimum absolute atomic E-state index is 0.0764. The molecule has 2 nitrogen and oxygen atoms in total. The number of hydrogen-bond donors (Lipinski definition) is 1. The number of amidine groups is 1. The SMILES string of the molecule is NC1=N[C@H](c2ccccc2)C[C@H](c2ccc(F)cc2)S1. The van der Waals surface area contributed by atoms with E-state index in [1.807, 2.05) is 30.3 Å². The smallest absolute Gasteiger partial charge is 0.155 e. The Morgan fingerprint density at radius 2 is 1.70 bits per heavy atom. The second-order valence-electron chi connectivity index (χ2n) is 4.79. The lowest BCUT2D eigenvalue weighted by molar-refractivity contribution is 0.621. The minimum Gasteiger partial charge on any atom is -0.379 e. The van der Waals surface area contributed by atoms with Crippen LogP contribution in [0.15, 0.2) is 59.6 Å². The quantitative estimate of drug-likeness (QED) is 0.904. The van der Waals surface area contributed by atoms with Crippen molar-refractivity contribution in [2.24, 2.45) is 10.7 Å². The highest BCUT2D eigenvalue weighted by Crippen LogP contribution is 2.42. The Morgan fingerprint density at radius 3 is 2.40 bits per heavy atom. The van der Waals surface area contributed by atoms with Crippen molar-refractivity contribution < 1.29 is 4.39 Å². The molecule has 102 valence electrons. The number of nitrogens with two attached hydrogens (primary N) is 1. The second-order valence-corrected chi connectivity index (χ2v) is 6.01. The summed E-state index contributed by atoms with van der Waals surface area (Å²) in [6, 6.07) is 16.9. The molecule has 0 saturated carbocycles. The molecule has 0 fully saturated rings. The van der Waals surface area contributed by atoms with E-state index in [-0.39, 0.29) is 17.1 Å². The van der Waals surface area contributed by atoms with Crippen LogP contribution in [0.1, 0.15) is 28.8 Å². The zero-order valence-corrected chi connectivity index (χ0v) is 11.7. The van der Waals surface area contributed by atoms with Gasteiger partial charge in [0.2, 0.25) is 0 Å². The van der Waals surface area contributed by atoms with Crippen LogP contribution in [0.4, 0.5) is 4.39 Å². The summed E-state index contributed by atoms with van der Waals surface area (Å²) >= 11 is 1.55. The molecule has 0 radical (unpaired) electrons. The third-order valence-corrected chi connectivity index (χ3v) is 4.51. The molecule has 0 spiro atoms. The number of hydrogen-bond acceptors (Lipinski definition) is 3. The lowest BCUT2D eigenvalue weighted by Gasteiger charge is -2.26. The summed E-state index contributed by atoms with van der Waals surface area (Å²) in [4.78, 5) is 4.53. The molecular formula is C16H15FN2S. The molecule has 2 aromatic carbocycles. The lowest BCUT2D eigenvalue weighted by atomic mass is 9.99. The fourth-order valence-corrected chi connectivity index (χ4v) is 3.45. The van der Waals surface area contributed by atoms with Gasteiger partial charge in [-0.2, -0.15) is 0 Å². The molecule has 2 N–H and O–H groups in total. The number of thioether (sulfide) groups is 1. The van der Waals surface area contributed by atoms with Crippen LogP contribution >= 0.6 is 11.8 Å². The fourth-order valence-electron chi connectivity index (χ4n) is 2.40. The van der Waals surface area contributed by atoms with Crippen LogP contribution in [0.5, 0.6) is 0 Å². The molecule has 1 aliphatic heterocycles. The van der Waals surface area contributed by atoms with Crippen molar-refractivity contribution in [2.75, 3.05) is 0 Å². The van der Waals surface area contributed by atoms with Gasteiger partial charge in [0.25, 0.3) is 0 Å². The highest BCUT2D eigenvalue weighted by atomic mass is 32.2. The normalized spacial score (nSPS) is 22.4. The summed E-state index contributed by atoms with van der Waals surface area (Å²) in [6.45, 7) is 0. The molecule has 1 heterocycles. The van der Waals surface area contributed by atoms with E-state index >= 15 is 0 Å². The van der Waals surface area contributed by atoms with E-state index < -0.39 is 0 Å². The van der Waals surface area contributed by atoms with Gasteiger partial charge in [0.1, 0.15) is 5.82 Å². The van der Waals surface area contributed by atoms with Crippen LogP contribution < -0.4 is 5.73 Å². The Kier molecular flexibility index (Phi) is 3.74. The maximum absolute atomic E-state index is 13.0. The van der Waals surface area contributed by atoms with Crippen molar-refractivity contribution >= 4 is 16.9 Å². The molecule has 0 saturated heterocycles. The number of benzene rings is 2. The number of aliphatic imine (C=N–C) groups is 1. The number of halogens is 1. The van der Waals surface area contributed by atoms with E-state index in [0.29, 0.717) is 5.17 Å². The van der Waals surface area contributed by atoms with Crippen LogP contribution in [0.2, 0.25) is 0 Å². The molecule has 1 aliphatic rings. The van der Waals surface area contributed by atoms with Gasteiger partial charge in [-0.3, -0.25) is 4.99 Å². The van der Waals surface area contributed by atoms with Gasteiger partial charge < -0.3 is 5.73 Å². The molecular weight excluding hydrogens is 271 g/mol. The number of rotatable bonds is 2. The van der Waals surface area contributed by atoms with Crippen molar-refractivity contribution in [3.8, 4) is 0 Å². The Bertz CT molecular complexity index is 610. The summed E-state index contributed by atoms with van der Waals surface area (Å²) in [5.41, 5.74) is 8.22. The predicted octanol–water partition coefficient (Wildman–Crippen LogP) is 4.06. The average Bonchev–Trinajstić information content (AvgIpc) is 2.48. The summed E-state index contributed by atoms with van der Waals surface area (Å²) in [6.07, 6.45) is 0.876. The molecule has 2 atom stereocenters. The lowest BCUT2D eigenvalue weighted by Crippen LogP contribution is -2.18. The minimum atomic E-state index is -0.212. The monoisotopic (exact) mass is 286 g/mol. The maximum Gasteiger partial charge on any atom is 0.155 e. The first-order valence-corrected chi connectivity index (χ1v) is 7.40. The van der Waals surface area contributed by atoms with Gasteiger partial charge in [-0.25, -0.2) is 4.39 Å². The zero-order chi connectivity index (χ0) is 13.9. The highest BCUT2D eigenvalue weighted by molar-refractivity contribution is 8.14. The Labute approximate surface area is 121 Å². The van der Waals surface area contributed by atoms with Crippen LogP contribution in [-0.2, 0) is 0 Å². The van der Waals surface area contributed by atoms with Crippen molar-refractivity contribution in [2.45, 2.75) is 17.7 Å². The van der Waals surface area contributed by atoms with Crippen LogP contribution in [0.3, 0.4) is 0 Å². The molecule has 0 unspecified atom stereocenters. The van der Waals surface area contributed by atoms with Gasteiger partial charge in [-0.15, -0.1) is 0 Å². The molecule has 3 rings (SSSR count). The van der Waals surface area contributed by atoms with E-state index in [1.165, 1.54) is 17.7 Å². The van der Waals surface area contributed by atoms with Gasteiger partial charge >= 0.3 is 0 Å². The summed E-state index contributed by atoms with van der Waals surface area (Å²) in [5.74, 6) is -0.212. The molecule has 0 aromatic heterocycles. The Hall–Kier alpha value is -1.81.